The van der Waals surface area contributed by atoms with Gasteiger partial charge in [0.1, 0.15) is 5.82 Å². The molecule has 0 fully saturated rings. The minimum absolute atomic E-state index is 0.278. The van der Waals surface area contributed by atoms with Gasteiger partial charge in [-0.25, -0.2) is 9.78 Å². The van der Waals surface area contributed by atoms with E-state index in [1.165, 1.54) is 0 Å². The fourth-order valence-corrected chi connectivity index (χ4v) is 3.25. The van der Waals surface area contributed by atoms with Gasteiger partial charge in [0.05, 0.1) is 0 Å². The number of nitrogens with zero attached hydrogens (tertiary/aromatic N) is 3. The maximum Gasteiger partial charge on any atom is 0.323 e. The first-order valence-corrected chi connectivity index (χ1v) is 10.5. The number of aromatic nitrogens is 2. The van der Waals surface area contributed by atoms with Crippen molar-refractivity contribution >= 4 is 34.9 Å². The number of anilines is 5. The first kappa shape index (κ1) is 22.1. The summed E-state index contributed by atoms with van der Waals surface area (Å²) in [6.45, 7) is 12.0. The van der Waals surface area contributed by atoms with Crippen LogP contribution in [0.5, 0.6) is 0 Å². The minimum Gasteiger partial charge on any atom is -0.357 e. The Bertz CT molecular complexity index is 1040. The Labute approximate surface area is 183 Å². The molecular weight excluding hydrogens is 388 g/mol. The van der Waals surface area contributed by atoms with Gasteiger partial charge < -0.3 is 20.9 Å². The lowest BCUT2D eigenvalue weighted by Gasteiger charge is -2.20. The van der Waals surface area contributed by atoms with Crippen molar-refractivity contribution in [3.05, 3.63) is 65.4 Å². The van der Waals surface area contributed by atoms with Crippen LogP contribution in [0.1, 0.15) is 30.7 Å². The van der Waals surface area contributed by atoms with Crippen LogP contribution in [-0.4, -0.2) is 29.1 Å². The van der Waals surface area contributed by atoms with Crippen molar-refractivity contribution in [1.82, 2.24) is 9.97 Å². The molecule has 0 saturated heterocycles. The van der Waals surface area contributed by atoms with E-state index in [4.69, 9.17) is 0 Å². The predicted octanol–water partition coefficient (Wildman–Crippen LogP) is 5.64. The molecule has 0 aliphatic rings. The monoisotopic (exact) mass is 418 g/mol. The van der Waals surface area contributed by atoms with Crippen molar-refractivity contribution in [2.24, 2.45) is 0 Å². The minimum atomic E-state index is -0.278. The molecule has 0 aliphatic carbocycles. The predicted molar refractivity (Wildman–Crippen MR) is 129 cm³/mol. The number of carbonyl (C=O) groups excluding carboxylic acids is 1. The summed E-state index contributed by atoms with van der Waals surface area (Å²) in [5.74, 6) is 1.46. The summed E-state index contributed by atoms with van der Waals surface area (Å²) < 4.78 is 0. The third kappa shape index (κ3) is 5.72. The van der Waals surface area contributed by atoms with Gasteiger partial charge in [-0.2, -0.15) is 4.98 Å². The zero-order valence-corrected chi connectivity index (χ0v) is 18.8. The van der Waals surface area contributed by atoms with E-state index in [2.05, 4.69) is 44.7 Å². The van der Waals surface area contributed by atoms with Crippen molar-refractivity contribution in [3.8, 4) is 0 Å². The van der Waals surface area contributed by atoms with Crippen LogP contribution in [0.3, 0.4) is 0 Å². The number of carbonyl (C=O) groups is 1. The molecule has 0 bridgehead atoms. The van der Waals surface area contributed by atoms with Gasteiger partial charge in [0.15, 0.2) is 0 Å². The number of rotatable bonds is 7. The molecule has 0 unspecified atom stereocenters. The Morgan fingerprint density at radius 2 is 1.58 bits per heavy atom. The average molecular weight is 419 g/mol. The molecular formula is C24H30N6O. The van der Waals surface area contributed by atoms with Crippen molar-refractivity contribution < 1.29 is 4.79 Å². The Morgan fingerprint density at radius 1 is 0.903 bits per heavy atom. The molecule has 7 heteroatoms. The molecule has 2 amide bonds. The molecule has 1 aromatic heterocycles. The van der Waals surface area contributed by atoms with Crippen LogP contribution in [0, 0.1) is 20.8 Å². The standard InChI is InChI=1S/C24H30N6O/c1-6-30(7-2)22-15-17(4)25-23(29-22)26-19-11-13-20(14-12-19)27-24(31)28-21-10-8-9-16(3)18(21)5/h8-15H,6-7H2,1-5H3,(H,25,26,29)(H2,27,28,31). The van der Waals surface area contributed by atoms with Crippen LogP contribution in [0.2, 0.25) is 0 Å². The lowest BCUT2D eigenvalue weighted by atomic mass is 10.1. The fraction of sp³-hybridized carbons (Fsp3) is 0.292. The van der Waals surface area contributed by atoms with E-state index in [1.807, 2.05) is 69.3 Å². The van der Waals surface area contributed by atoms with Crippen LogP contribution in [-0.2, 0) is 0 Å². The summed E-state index contributed by atoms with van der Waals surface area (Å²) in [6.07, 6.45) is 0. The molecule has 1 heterocycles. The van der Waals surface area contributed by atoms with Crippen molar-refractivity contribution in [3.63, 3.8) is 0 Å². The van der Waals surface area contributed by atoms with Gasteiger partial charge in [-0.1, -0.05) is 12.1 Å². The molecule has 0 atom stereocenters. The number of nitrogens with one attached hydrogen (secondary N) is 3. The second kappa shape index (κ2) is 9.93. The summed E-state index contributed by atoms with van der Waals surface area (Å²) in [6, 6.07) is 15.0. The van der Waals surface area contributed by atoms with Crippen LogP contribution in [0.25, 0.3) is 0 Å². The maximum atomic E-state index is 12.4. The third-order valence-corrected chi connectivity index (χ3v) is 5.18. The summed E-state index contributed by atoms with van der Waals surface area (Å²) in [5.41, 5.74) is 5.44. The maximum absolute atomic E-state index is 12.4. The first-order chi connectivity index (χ1) is 14.9. The number of aryl methyl sites for hydroxylation is 2. The van der Waals surface area contributed by atoms with Gasteiger partial charge >= 0.3 is 6.03 Å². The zero-order chi connectivity index (χ0) is 22.4. The first-order valence-electron chi connectivity index (χ1n) is 10.5. The van der Waals surface area contributed by atoms with E-state index in [1.54, 1.807) is 0 Å². The molecule has 3 rings (SSSR count). The second-order valence-corrected chi connectivity index (χ2v) is 7.39. The summed E-state index contributed by atoms with van der Waals surface area (Å²) in [7, 11) is 0. The van der Waals surface area contributed by atoms with Gasteiger partial charge in [-0.05, 0) is 76.1 Å². The van der Waals surface area contributed by atoms with Gasteiger partial charge in [-0.15, -0.1) is 0 Å². The molecule has 0 aliphatic heterocycles. The summed E-state index contributed by atoms with van der Waals surface area (Å²) in [5, 5.41) is 9.00. The Hall–Kier alpha value is -3.61. The number of benzene rings is 2. The molecule has 3 N–H and O–H groups in total. The molecule has 2 aromatic carbocycles. The molecule has 31 heavy (non-hydrogen) atoms. The van der Waals surface area contributed by atoms with Gasteiger partial charge in [0, 0.05) is 41.9 Å². The Balaban J connectivity index is 1.65. The highest BCUT2D eigenvalue weighted by Crippen LogP contribution is 2.21. The highest BCUT2D eigenvalue weighted by atomic mass is 16.2. The smallest absolute Gasteiger partial charge is 0.323 e. The number of amides is 2. The lowest BCUT2D eigenvalue weighted by Crippen LogP contribution is -2.23. The van der Waals surface area contributed by atoms with Gasteiger partial charge in [-0.3, -0.25) is 0 Å². The van der Waals surface area contributed by atoms with Crippen LogP contribution in [0.4, 0.5) is 33.6 Å². The lowest BCUT2D eigenvalue weighted by molar-refractivity contribution is 0.262. The van der Waals surface area contributed by atoms with Crippen molar-refractivity contribution in [1.29, 1.82) is 0 Å². The van der Waals surface area contributed by atoms with E-state index < -0.39 is 0 Å². The molecule has 7 nitrogen and oxygen atoms in total. The zero-order valence-electron chi connectivity index (χ0n) is 18.8. The average Bonchev–Trinajstić information content (AvgIpc) is 2.73. The summed E-state index contributed by atoms with van der Waals surface area (Å²) >= 11 is 0. The van der Waals surface area contributed by atoms with E-state index in [-0.39, 0.29) is 6.03 Å². The number of urea groups is 1. The van der Waals surface area contributed by atoms with Crippen LogP contribution >= 0.6 is 0 Å². The quantitative estimate of drug-likeness (QED) is 0.463. The van der Waals surface area contributed by atoms with E-state index in [0.717, 1.165) is 47.1 Å². The second-order valence-electron chi connectivity index (χ2n) is 7.39. The Morgan fingerprint density at radius 3 is 2.26 bits per heavy atom. The number of hydrogen-bond acceptors (Lipinski definition) is 5. The molecule has 0 radical (unpaired) electrons. The molecule has 0 saturated carbocycles. The third-order valence-electron chi connectivity index (χ3n) is 5.18. The van der Waals surface area contributed by atoms with E-state index >= 15 is 0 Å². The van der Waals surface area contributed by atoms with Crippen LogP contribution in [0.15, 0.2) is 48.5 Å². The molecule has 162 valence electrons. The highest BCUT2D eigenvalue weighted by Gasteiger charge is 2.09. The largest absolute Gasteiger partial charge is 0.357 e. The van der Waals surface area contributed by atoms with Gasteiger partial charge in [0.25, 0.3) is 0 Å². The number of hydrogen-bond donors (Lipinski definition) is 3. The van der Waals surface area contributed by atoms with E-state index in [0.29, 0.717) is 11.6 Å². The van der Waals surface area contributed by atoms with Gasteiger partial charge in [0.2, 0.25) is 5.95 Å². The molecule has 0 spiro atoms. The molecule has 3 aromatic rings. The topological polar surface area (TPSA) is 82.2 Å². The van der Waals surface area contributed by atoms with Crippen molar-refractivity contribution in [2.45, 2.75) is 34.6 Å². The van der Waals surface area contributed by atoms with Crippen molar-refractivity contribution in [2.75, 3.05) is 33.9 Å². The van der Waals surface area contributed by atoms with E-state index in [9.17, 15) is 4.79 Å². The SMILES string of the molecule is CCN(CC)c1cc(C)nc(Nc2ccc(NC(=O)Nc3cccc(C)c3C)cc2)n1. The highest BCUT2D eigenvalue weighted by molar-refractivity contribution is 6.00. The van der Waals surface area contributed by atoms with Crippen LogP contribution < -0.4 is 20.9 Å². The fourth-order valence-electron chi connectivity index (χ4n) is 3.25. The Kier molecular flexibility index (Phi) is 7.07. The summed E-state index contributed by atoms with van der Waals surface area (Å²) in [4.78, 5) is 23.6. The normalized spacial score (nSPS) is 10.5.